The van der Waals surface area contributed by atoms with Gasteiger partial charge in [-0.05, 0) is 53.6 Å². The van der Waals surface area contributed by atoms with E-state index >= 15 is 0 Å². The van der Waals surface area contributed by atoms with Gasteiger partial charge in [0.25, 0.3) is 0 Å². The Morgan fingerprint density at radius 2 is 2.10 bits per heavy atom. The van der Waals surface area contributed by atoms with Crippen LogP contribution in [0.15, 0.2) is 41.1 Å². The molecular weight excluding hydrogens is 272 g/mol. The van der Waals surface area contributed by atoms with Gasteiger partial charge in [-0.2, -0.15) is 11.3 Å². The molecule has 1 aromatic heterocycles. The fourth-order valence-corrected chi connectivity index (χ4v) is 2.50. The van der Waals surface area contributed by atoms with Gasteiger partial charge in [-0.3, -0.25) is 4.79 Å². The Hall–Kier alpha value is -2.01. The molecule has 20 heavy (non-hydrogen) atoms. The Bertz CT molecular complexity index is 538. The highest BCUT2D eigenvalue weighted by molar-refractivity contribution is 7.07. The number of ether oxygens (including phenoxy) is 1. The molecule has 1 unspecified atom stereocenters. The van der Waals surface area contributed by atoms with Crippen molar-refractivity contribution in [3.8, 4) is 5.75 Å². The maximum Gasteiger partial charge on any atom is 0.223 e. The second-order valence-electron chi connectivity index (χ2n) is 4.51. The highest BCUT2D eigenvalue weighted by atomic mass is 32.1. The van der Waals surface area contributed by atoms with Crippen molar-refractivity contribution in [1.82, 2.24) is 5.32 Å². The third-order valence-electron chi connectivity index (χ3n) is 2.90. The summed E-state index contributed by atoms with van der Waals surface area (Å²) in [4.78, 5) is 11.8. The van der Waals surface area contributed by atoms with E-state index in [9.17, 15) is 4.79 Å². The lowest BCUT2D eigenvalue weighted by Gasteiger charge is -2.13. The van der Waals surface area contributed by atoms with Crippen LogP contribution < -0.4 is 15.8 Å². The largest absolute Gasteiger partial charge is 0.493 e. The van der Waals surface area contributed by atoms with E-state index in [1.165, 1.54) is 0 Å². The smallest absolute Gasteiger partial charge is 0.223 e. The van der Waals surface area contributed by atoms with Crippen molar-refractivity contribution in [2.75, 3.05) is 12.3 Å². The average Bonchev–Trinajstić information content (AvgIpc) is 2.95. The first-order valence-electron chi connectivity index (χ1n) is 6.45. The highest BCUT2D eigenvalue weighted by Crippen LogP contribution is 2.16. The highest BCUT2D eigenvalue weighted by Gasteiger charge is 2.09. The Kier molecular flexibility index (Phi) is 5.01. The number of nitrogens with one attached hydrogen (secondary N) is 1. The Balaban J connectivity index is 1.71. The van der Waals surface area contributed by atoms with Crippen LogP contribution in [0.2, 0.25) is 0 Å². The van der Waals surface area contributed by atoms with Crippen LogP contribution in [0, 0.1) is 0 Å². The molecule has 0 aliphatic rings. The minimum Gasteiger partial charge on any atom is -0.493 e. The molecule has 2 aromatic rings. The van der Waals surface area contributed by atoms with E-state index in [4.69, 9.17) is 10.5 Å². The molecule has 0 bridgehead atoms. The van der Waals surface area contributed by atoms with Crippen LogP contribution in [0.3, 0.4) is 0 Å². The average molecular weight is 290 g/mol. The minimum absolute atomic E-state index is 0.0147. The van der Waals surface area contributed by atoms with E-state index < -0.39 is 0 Å². The number of hydrogen-bond acceptors (Lipinski definition) is 4. The Morgan fingerprint density at radius 3 is 2.75 bits per heavy atom. The third kappa shape index (κ3) is 4.28. The minimum atomic E-state index is -0.0147. The fraction of sp³-hybridized carbons (Fsp3) is 0.267. The summed E-state index contributed by atoms with van der Waals surface area (Å²) < 4.78 is 5.49. The number of rotatable bonds is 6. The number of anilines is 1. The van der Waals surface area contributed by atoms with Crippen LogP contribution in [0.25, 0.3) is 0 Å². The topological polar surface area (TPSA) is 64.3 Å². The molecule has 0 saturated heterocycles. The molecule has 0 radical (unpaired) electrons. The predicted molar refractivity (Wildman–Crippen MR) is 81.8 cm³/mol. The standard InChI is InChI=1S/C15H18N2O2S/c1-11(12-7-9-20-10-12)17-15(18)6-8-19-14-4-2-13(16)3-5-14/h2-5,7,9-11H,6,8,16H2,1H3,(H,17,18). The van der Waals surface area contributed by atoms with Gasteiger partial charge in [0.15, 0.2) is 0 Å². The zero-order chi connectivity index (χ0) is 14.4. The number of nitrogens with two attached hydrogens (primary N) is 1. The van der Waals surface area contributed by atoms with Crippen LogP contribution in [0.5, 0.6) is 5.75 Å². The van der Waals surface area contributed by atoms with Gasteiger partial charge in [-0.15, -0.1) is 0 Å². The summed E-state index contributed by atoms with van der Waals surface area (Å²) >= 11 is 1.63. The van der Waals surface area contributed by atoms with E-state index in [1.807, 2.05) is 23.8 Å². The van der Waals surface area contributed by atoms with Gasteiger partial charge in [0.1, 0.15) is 5.75 Å². The van der Waals surface area contributed by atoms with Crippen molar-refractivity contribution in [3.63, 3.8) is 0 Å². The molecule has 5 heteroatoms. The monoisotopic (exact) mass is 290 g/mol. The van der Waals surface area contributed by atoms with E-state index in [0.29, 0.717) is 18.7 Å². The van der Waals surface area contributed by atoms with Gasteiger partial charge in [-0.1, -0.05) is 0 Å². The van der Waals surface area contributed by atoms with Crippen LogP contribution in [0.1, 0.15) is 24.9 Å². The summed E-state index contributed by atoms with van der Waals surface area (Å²) in [6, 6.07) is 9.18. The molecular formula is C15H18N2O2S. The van der Waals surface area contributed by atoms with E-state index in [2.05, 4.69) is 5.32 Å². The number of hydrogen-bond donors (Lipinski definition) is 2. The zero-order valence-corrected chi connectivity index (χ0v) is 12.2. The van der Waals surface area contributed by atoms with Crippen LogP contribution >= 0.6 is 11.3 Å². The quantitative estimate of drug-likeness (QED) is 0.804. The first-order valence-corrected chi connectivity index (χ1v) is 7.39. The van der Waals surface area contributed by atoms with Gasteiger partial charge < -0.3 is 15.8 Å². The number of amides is 1. The lowest BCUT2D eigenvalue weighted by molar-refractivity contribution is -0.122. The number of carbonyl (C=O) groups is 1. The van der Waals surface area contributed by atoms with E-state index in [1.54, 1.807) is 35.6 Å². The van der Waals surface area contributed by atoms with Gasteiger partial charge in [-0.25, -0.2) is 0 Å². The van der Waals surface area contributed by atoms with Gasteiger partial charge in [0.05, 0.1) is 19.1 Å². The molecule has 0 fully saturated rings. The molecule has 0 spiro atoms. The molecule has 2 rings (SSSR count). The summed E-state index contributed by atoms with van der Waals surface area (Å²) in [6.07, 6.45) is 0.332. The molecule has 1 aromatic carbocycles. The number of nitrogen functional groups attached to an aromatic ring is 1. The van der Waals surface area contributed by atoms with E-state index in [-0.39, 0.29) is 11.9 Å². The summed E-state index contributed by atoms with van der Waals surface area (Å²) in [5, 5.41) is 6.99. The molecule has 1 atom stereocenters. The zero-order valence-electron chi connectivity index (χ0n) is 11.3. The summed E-state index contributed by atoms with van der Waals surface area (Å²) in [5.74, 6) is 0.706. The fourth-order valence-electron chi connectivity index (χ4n) is 1.74. The molecule has 0 saturated carbocycles. The second kappa shape index (κ2) is 6.96. The van der Waals surface area contributed by atoms with Crippen LogP contribution in [-0.2, 0) is 4.79 Å². The third-order valence-corrected chi connectivity index (χ3v) is 3.60. The maximum atomic E-state index is 11.8. The lowest BCUT2D eigenvalue weighted by atomic mass is 10.2. The first-order chi connectivity index (χ1) is 9.65. The summed E-state index contributed by atoms with van der Waals surface area (Å²) in [5.41, 5.74) is 7.41. The molecule has 1 amide bonds. The summed E-state index contributed by atoms with van der Waals surface area (Å²) in [6.45, 7) is 2.33. The SMILES string of the molecule is CC(NC(=O)CCOc1ccc(N)cc1)c1ccsc1. The van der Waals surface area contributed by atoms with Crippen molar-refractivity contribution in [1.29, 1.82) is 0 Å². The van der Waals surface area contributed by atoms with Gasteiger partial charge >= 0.3 is 0 Å². The van der Waals surface area contributed by atoms with Gasteiger partial charge in [0.2, 0.25) is 5.91 Å². The maximum absolute atomic E-state index is 11.8. The van der Waals surface area contributed by atoms with Crippen molar-refractivity contribution < 1.29 is 9.53 Å². The normalized spacial score (nSPS) is 11.8. The first kappa shape index (κ1) is 14.4. The Morgan fingerprint density at radius 1 is 1.35 bits per heavy atom. The lowest BCUT2D eigenvalue weighted by Crippen LogP contribution is -2.27. The van der Waals surface area contributed by atoms with E-state index in [0.717, 1.165) is 11.3 Å². The van der Waals surface area contributed by atoms with Crippen LogP contribution in [-0.4, -0.2) is 12.5 Å². The van der Waals surface area contributed by atoms with Crippen molar-refractivity contribution in [2.45, 2.75) is 19.4 Å². The van der Waals surface area contributed by atoms with Crippen molar-refractivity contribution in [2.24, 2.45) is 0 Å². The molecule has 0 aliphatic heterocycles. The molecule has 3 N–H and O–H groups in total. The summed E-state index contributed by atoms with van der Waals surface area (Å²) in [7, 11) is 0. The number of benzene rings is 1. The molecule has 0 aliphatic carbocycles. The second-order valence-corrected chi connectivity index (χ2v) is 5.29. The van der Waals surface area contributed by atoms with Crippen molar-refractivity contribution >= 4 is 22.9 Å². The van der Waals surface area contributed by atoms with Crippen LogP contribution in [0.4, 0.5) is 5.69 Å². The molecule has 106 valence electrons. The predicted octanol–water partition coefficient (Wildman–Crippen LogP) is 2.98. The Labute approximate surface area is 122 Å². The molecule has 1 heterocycles. The molecule has 4 nitrogen and oxygen atoms in total. The number of thiophene rings is 1. The number of carbonyl (C=O) groups excluding carboxylic acids is 1. The van der Waals surface area contributed by atoms with Gasteiger partial charge in [0, 0.05) is 5.69 Å². The van der Waals surface area contributed by atoms with Crippen molar-refractivity contribution in [3.05, 3.63) is 46.7 Å².